The highest BCUT2D eigenvalue weighted by molar-refractivity contribution is 6.28. The molecular formula is C18H13NO6. The van der Waals surface area contributed by atoms with Crippen molar-refractivity contribution in [1.82, 2.24) is 5.32 Å². The monoisotopic (exact) mass is 339 g/mol. The lowest BCUT2D eigenvalue weighted by atomic mass is 9.83. The Labute approximate surface area is 141 Å². The zero-order chi connectivity index (χ0) is 18.1. The minimum Gasteiger partial charge on any atom is -0.480 e. The zero-order valence-corrected chi connectivity index (χ0v) is 12.9. The van der Waals surface area contributed by atoms with Crippen LogP contribution in [0.4, 0.5) is 0 Å². The van der Waals surface area contributed by atoms with Gasteiger partial charge in [0.15, 0.2) is 17.6 Å². The predicted molar refractivity (Wildman–Crippen MR) is 85.7 cm³/mol. The summed E-state index contributed by atoms with van der Waals surface area (Å²) in [5.74, 6) is -2.83. The lowest BCUT2D eigenvalue weighted by Gasteiger charge is -2.18. The van der Waals surface area contributed by atoms with E-state index in [9.17, 15) is 19.2 Å². The van der Waals surface area contributed by atoms with Gasteiger partial charge in [-0.05, 0) is 18.2 Å². The van der Waals surface area contributed by atoms with Crippen LogP contribution >= 0.6 is 0 Å². The second kappa shape index (κ2) is 6.29. The first-order valence-electron chi connectivity index (χ1n) is 7.41. The van der Waals surface area contributed by atoms with E-state index in [0.29, 0.717) is 5.56 Å². The van der Waals surface area contributed by atoms with Gasteiger partial charge in [0.05, 0.1) is 6.61 Å². The molecular weight excluding hydrogens is 326 g/mol. The van der Waals surface area contributed by atoms with E-state index >= 15 is 0 Å². The van der Waals surface area contributed by atoms with E-state index in [1.165, 1.54) is 24.3 Å². The Kier molecular flexibility index (Phi) is 4.16. The number of hydrogen-bond donors (Lipinski definition) is 3. The minimum atomic E-state index is -1.46. The Bertz CT molecular complexity index is 918. The first kappa shape index (κ1) is 16.5. The Morgan fingerprint density at radius 2 is 1.48 bits per heavy atom. The van der Waals surface area contributed by atoms with Crippen LogP contribution in [0.3, 0.4) is 0 Å². The second-order valence-electron chi connectivity index (χ2n) is 5.51. The van der Waals surface area contributed by atoms with Crippen molar-refractivity contribution in [1.29, 1.82) is 0 Å². The van der Waals surface area contributed by atoms with Crippen molar-refractivity contribution in [3.63, 3.8) is 0 Å². The number of nitrogens with one attached hydrogen (secondary N) is 1. The van der Waals surface area contributed by atoms with Gasteiger partial charge in [0.1, 0.15) is 0 Å². The van der Waals surface area contributed by atoms with Crippen LogP contribution in [0.25, 0.3) is 0 Å². The number of carbonyl (C=O) groups excluding carboxylic acids is 3. The molecule has 1 unspecified atom stereocenters. The molecule has 7 nitrogen and oxygen atoms in total. The molecule has 1 amide bonds. The molecule has 1 aliphatic carbocycles. The van der Waals surface area contributed by atoms with Gasteiger partial charge < -0.3 is 15.5 Å². The van der Waals surface area contributed by atoms with Gasteiger partial charge in [-0.3, -0.25) is 14.4 Å². The van der Waals surface area contributed by atoms with Crippen LogP contribution in [0, 0.1) is 0 Å². The molecule has 0 saturated carbocycles. The number of carboxylic acids is 1. The number of rotatable bonds is 4. The fourth-order valence-corrected chi connectivity index (χ4v) is 2.67. The Morgan fingerprint density at radius 3 is 2.04 bits per heavy atom. The molecule has 0 fully saturated rings. The fraction of sp³-hybridized carbons (Fsp3) is 0.111. The maximum atomic E-state index is 12.6. The maximum Gasteiger partial charge on any atom is 0.328 e. The molecule has 3 N–H and O–H groups in total. The number of aliphatic hydroxyl groups is 1. The van der Waals surface area contributed by atoms with E-state index in [4.69, 9.17) is 10.2 Å². The lowest BCUT2D eigenvalue weighted by molar-refractivity contribution is -0.140. The van der Waals surface area contributed by atoms with Crippen LogP contribution in [0.1, 0.15) is 42.2 Å². The van der Waals surface area contributed by atoms with Crippen LogP contribution in [-0.4, -0.2) is 46.3 Å². The number of carbonyl (C=O) groups is 4. The molecule has 7 heteroatoms. The van der Waals surface area contributed by atoms with Gasteiger partial charge >= 0.3 is 5.97 Å². The van der Waals surface area contributed by atoms with Crippen LogP contribution in [-0.2, 0) is 4.79 Å². The molecule has 0 saturated heterocycles. The topological polar surface area (TPSA) is 121 Å². The van der Waals surface area contributed by atoms with Crippen molar-refractivity contribution in [3.8, 4) is 0 Å². The largest absolute Gasteiger partial charge is 0.480 e. The summed E-state index contributed by atoms with van der Waals surface area (Å²) in [4.78, 5) is 48.1. The molecule has 1 atom stereocenters. The predicted octanol–water partition coefficient (Wildman–Crippen LogP) is 0.637. The van der Waals surface area contributed by atoms with Crippen molar-refractivity contribution in [2.24, 2.45) is 0 Å². The summed E-state index contributed by atoms with van der Waals surface area (Å²) in [5.41, 5.74) is 0.878. The summed E-state index contributed by atoms with van der Waals surface area (Å²) in [6.07, 6.45) is 0. The molecule has 25 heavy (non-hydrogen) atoms. The van der Waals surface area contributed by atoms with E-state index < -0.39 is 24.5 Å². The fourth-order valence-electron chi connectivity index (χ4n) is 2.67. The minimum absolute atomic E-state index is 0.0268. The zero-order valence-electron chi connectivity index (χ0n) is 12.9. The number of fused-ring (bicyclic) bond motifs is 2. The third-order valence-corrected chi connectivity index (χ3v) is 3.97. The molecule has 2 aromatic rings. The maximum absolute atomic E-state index is 12.6. The van der Waals surface area contributed by atoms with E-state index in [1.54, 1.807) is 18.2 Å². The van der Waals surface area contributed by atoms with Crippen LogP contribution in [0.2, 0.25) is 0 Å². The summed E-state index contributed by atoms with van der Waals surface area (Å²) in [5, 5.41) is 20.0. The highest BCUT2D eigenvalue weighted by Crippen LogP contribution is 2.27. The quantitative estimate of drug-likeness (QED) is 0.641. The Balaban J connectivity index is 1.97. The van der Waals surface area contributed by atoms with E-state index in [0.717, 1.165) is 0 Å². The van der Waals surface area contributed by atoms with Gasteiger partial charge in [-0.1, -0.05) is 24.3 Å². The summed E-state index contributed by atoms with van der Waals surface area (Å²) < 4.78 is 0. The second-order valence-corrected chi connectivity index (χ2v) is 5.51. The molecule has 0 spiro atoms. The normalized spacial score (nSPS) is 13.6. The summed E-state index contributed by atoms with van der Waals surface area (Å²) in [6.45, 7) is -0.767. The van der Waals surface area contributed by atoms with Crippen molar-refractivity contribution < 1.29 is 29.4 Å². The van der Waals surface area contributed by atoms with Crippen molar-refractivity contribution in [2.45, 2.75) is 6.04 Å². The Morgan fingerprint density at radius 1 is 0.920 bits per heavy atom. The average molecular weight is 339 g/mol. The average Bonchev–Trinajstić information content (AvgIpc) is 2.63. The Hall–Kier alpha value is -3.32. The molecule has 2 aromatic carbocycles. The van der Waals surface area contributed by atoms with Crippen LogP contribution in [0.15, 0.2) is 42.5 Å². The summed E-state index contributed by atoms with van der Waals surface area (Å²) in [7, 11) is 0. The van der Waals surface area contributed by atoms with Crippen LogP contribution in [0.5, 0.6) is 0 Å². The van der Waals surface area contributed by atoms with E-state index in [2.05, 4.69) is 5.32 Å². The first-order chi connectivity index (χ1) is 11.9. The molecule has 3 rings (SSSR count). The molecule has 0 heterocycles. The van der Waals surface area contributed by atoms with Crippen molar-refractivity contribution in [3.05, 3.63) is 70.3 Å². The molecule has 0 aromatic heterocycles. The lowest BCUT2D eigenvalue weighted by Crippen LogP contribution is -2.43. The number of hydrogen-bond acceptors (Lipinski definition) is 5. The third-order valence-electron chi connectivity index (χ3n) is 3.97. The first-order valence-corrected chi connectivity index (χ1v) is 7.41. The highest BCUT2D eigenvalue weighted by atomic mass is 16.4. The van der Waals surface area contributed by atoms with Gasteiger partial charge in [-0.25, -0.2) is 4.79 Å². The molecule has 0 bridgehead atoms. The summed E-state index contributed by atoms with van der Waals surface area (Å²) >= 11 is 0. The molecule has 1 aliphatic rings. The SMILES string of the molecule is O=C(NC(CO)C(=O)O)c1ccc2c(c1)C(=O)c1ccccc1C2=O. The number of benzene rings is 2. The summed E-state index contributed by atoms with van der Waals surface area (Å²) in [6, 6.07) is 8.93. The van der Waals surface area contributed by atoms with Gasteiger partial charge in [0.2, 0.25) is 0 Å². The number of carboxylic acid groups (broad SMARTS) is 1. The number of aliphatic carboxylic acids is 1. The van der Waals surface area contributed by atoms with Crippen molar-refractivity contribution >= 4 is 23.4 Å². The third kappa shape index (κ3) is 2.81. The van der Waals surface area contributed by atoms with Gasteiger partial charge in [-0.15, -0.1) is 0 Å². The number of amides is 1. The van der Waals surface area contributed by atoms with Crippen molar-refractivity contribution in [2.75, 3.05) is 6.61 Å². The van der Waals surface area contributed by atoms with Gasteiger partial charge in [-0.2, -0.15) is 0 Å². The highest BCUT2D eigenvalue weighted by Gasteiger charge is 2.30. The molecule has 0 aliphatic heterocycles. The smallest absolute Gasteiger partial charge is 0.328 e. The van der Waals surface area contributed by atoms with Gasteiger partial charge in [0.25, 0.3) is 5.91 Å². The van der Waals surface area contributed by atoms with E-state index in [1.807, 2.05) is 0 Å². The standard InChI is InChI=1S/C18H13NO6/c20-8-14(18(24)25)19-17(23)9-5-6-12-13(7-9)16(22)11-4-2-1-3-10(11)15(12)21/h1-7,14,20H,8H2,(H,19,23)(H,24,25). The number of aliphatic hydroxyl groups excluding tert-OH is 1. The van der Waals surface area contributed by atoms with Crippen LogP contribution < -0.4 is 5.32 Å². The molecule has 0 radical (unpaired) electrons. The molecule has 126 valence electrons. The van der Waals surface area contributed by atoms with Gasteiger partial charge in [0, 0.05) is 27.8 Å². The number of ketones is 2. The van der Waals surface area contributed by atoms with E-state index in [-0.39, 0.29) is 33.8 Å².